The monoisotopic (exact) mass is 169 g/mol. The van der Waals surface area contributed by atoms with Crippen LogP contribution in [0.2, 0.25) is 0 Å². The number of carboxylic acid groups (broad SMARTS) is 1. The second-order valence-electron chi connectivity index (χ2n) is 3.23. The van der Waals surface area contributed by atoms with Crippen molar-refractivity contribution in [3.63, 3.8) is 0 Å². The molecule has 1 aliphatic carbocycles. The Morgan fingerprint density at radius 1 is 1.33 bits per heavy atom. The number of carbonyl (C=O) groups is 1. The van der Waals surface area contributed by atoms with Crippen LogP contribution >= 0.6 is 0 Å². The number of hydrogen-bond acceptors (Lipinski definition) is 2. The fourth-order valence-electron chi connectivity index (χ4n) is 1.52. The van der Waals surface area contributed by atoms with Gasteiger partial charge in [0.25, 0.3) is 0 Å². The third-order valence-electron chi connectivity index (χ3n) is 2.31. The highest BCUT2D eigenvalue weighted by Gasteiger charge is 2.24. The molecule has 0 amide bonds. The SMILES string of the molecule is NC1CC/C=C\CCC1C(=O)O. The van der Waals surface area contributed by atoms with Crippen molar-refractivity contribution in [2.75, 3.05) is 0 Å². The number of rotatable bonds is 1. The highest BCUT2D eigenvalue weighted by Crippen LogP contribution is 2.17. The van der Waals surface area contributed by atoms with Gasteiger partial charge in [0.05, 0.1) is 5.92 Å². The van der Waals surface area contributed by atoms with Crippen molar-refractivity contribution in [3.05, 3.63) is 12.2 Å². The summed E-state index contributed by atoms with van der Waals surface area (Å²) in [6.07, 6.45) is 7.33. The molecular formula is C9H15NO2. The summed E-state index contributed by atoms with van der Waals surface area (Å²) in [5.74, 6) is -1.10. The molecule has 0 fully saturated rings. The molecule has 0 radical (unpaired) electrons. The van der Waals surface area contributed by atoms with Gasteiger partial charge in [0, 0.05) is 6.04 Å². The van der Waals surface area contributed by atoms with E-state index < -0.39 is 5.97 Å². The first-order valence-corrected chi connectivity index (χ1v) is 4.35. The molecule has 0 aromatic carbocycles. The van der Waals surface area contributed by atoms with Gasteiger partial charge in [-0.05, 0) is 25.7 Å². The van der Waals surface area contributed by atoms with Crippen LogP contribution in [0.1, 0.15) is 25.7 Å². The zero-order valence-electron chi connectivity index (χ0n) is 7.07. The summed E-state index contributed by atoms with van der Waals surface area (Å²) < 4.78 is 0. The normalized spacial score (nSPS) is 33.4. The first-order chi connectivity index (χ1) is 5.72. The van der Waals surface area contributed by atoms with Crippen LogP contribution in [-0.2, 0) is 4.79 Å². The molecule has 1 rings (SSSR count). The van der Waals surface area contributed by atoms with Crippen LogP contribution in [0.3, 0.4) is 0 Å². The van der Waals surface area contributed by atoms with Crippen molar-refractivity contribution in [1.82, 2.24) is 0 Å². The van der Waals surface area contributed by atoms with Crippen molar-refractivity contribution in [2.24, 2.45) is 11.7 Å². The summed E-state index contributed by atoms with van der Waals surface area (Å²) in [5.41, 5.74) is 5.73. The van der Waals surface area contributed by atoms with E-state index in [0.29, 0.717) is 6.42 Å². The molecule has 0 saturated heterocycles. The first-order valence-electron chi connectivity index (χ1n) is 4.35. The number of nitrogens with two attached hydrogens (primary N) is 1. The van der Waals surface area contributed by atoms with Crippen molar-refractivity contribution in [2.45, 2.75) is 31.7 Å². The third-order valence-corrected chi connectivity index (χ3v) is 2.31. The van der Waals surface area contributed by atoms with Crippen LogP contribution in [0, 0.1) is 5.92 Å². The van der Waals surface area contributed by atoms with Crippen molar-refractivity contribution in [1.29, 1.82) is 0 Å². The Kier molecular flexibility index (Phi) is 3.29. The van der Waals surface area contributed by atoms with Gasteiger partial charge in [0.1, 0.15) is 0 Å². The molecule has 0 spiro atoms. The summed E-state index contributed by atoms with van der Waals surface area (Å²) in [4.78, 5) is 10.7. The standard InChI is InChI=1S/C9H15NO2/c10-8-6-4-2-1-3-5-7(8)9(11)12/h1-2,7-8H,3-6,10H2,(H,11,12)/b2-1-. The Labute approximate surface area is 72.3 Å². The molecule has 12 heavy (non-hydrogen) atoms. The lowest BCUT2D eigenvalue weighted by Crippen LogP contribution is -2.35. The van der Waals surface area contributed by atoms with Gasteiger partial charge in [-0.2, -0.15) is 0 Å². The molecule has 3 nitrogen and oxygen atoms in total. The van der Waals surface area contributed by atoms with E-state index in [9.17, 15) is 4.79 Å². The molecule has 2 atom stereocenters. The predicted octanol–water partition coefficient (Wildman–Crippen LogP) is 1.14. The summed E-state index contributed by atoms with van der Waals surface area (Å²) in [7, 11) is 0. The van der Waals surface area contributed by atoms with Gasteiger partial charge in [-0.15, -0.1) is 0 Å². The van der Waals surface area contributed by atoms with Gasteiger partial charge in [-0.1, -0.05) is 12.2 Å². The molecule has 3 N–H and O–H groups in total. The quantitative estimate of drug-likeness (QED) is 0.579. The molecule has 0 saturated carbocycles. The maximum absolute atomic E-state index is 10.7. The minimum atomic E-state index is -0.752. The second kappa shape index (κ2) is 4.26. The fraction of sp³-hybridized carbons (Fsp3) is 0.667. The van der Waals surface area contributed by atoms with E-state index in [1.165, 1.54) is 0 Å². The van der Waals surface area contributed by atoms with E-state index in [2.05, 4.69) is 6.08 Å². The topological polar surface area (TPSA) is 63.3 Å². The number of carboxylic acids is 1. The Balaban J connectivity index is 2.58. The fourth-order valence-corrected chi connectivity index (χ4v) is 1.52. The lowest BCUT2D eigenvalue weighted by Gasteiger charge is -2.20. The lowest BCUT2D eigenvalue weighted by molar-refractivity contribution is -0.142. The van der Waals surface area contributed by atoms with Crippen molar-refractivity contribution in [3.8, 4) is 0 Å². The van der Waals surface area contributed by atoms with Crippen molar-refractivity contribution < 1.29 is 9.90 Å². The van der Waals surface area contributed by atoms with Crippen molar-refractivity contribution >= 4 is 5.97 Å². The van der Waals surface area contributed by atoms with Crippen LogP contribution in [0.15, 0.2) is 12.2 Å². The molecule has 2 unspecified atom stereocenters. The Morgan fingerprint density at radius 3 is 2.50 bits per heavy atom. The van der Waals surface area contributed by atoms with E-state index in [-0.39, 0.29) is 12.0 Å². The molecule has 0 heterocycles. The molecule has 68 valence electrons. The maximum atomic E-state index is 10.7. The van der Waals surface area contributed by atoms with Gasteiger partial charge >= 0.3 is 5.97 Å². The minimum Gasteiger partial charge on any atom is -0.481 e. The third kappa shape index (κ3) is 2.34. The van der Waals surface area contributed by atoms with E-state index in [1.54, 1.807) is 0 Å². The van der Waals surface area contributed by atoms with Gasteiger partial charge in [-0.3, -0.25) is 4.79 Å². The second-order valence-corrected chi connectivity index (χ2v) is 3.23. The highest BCUT2D eigenvalue weighted by molar-refractivity contribution is 5.70. The van der Waals surface area contributed by atoms with E-state index in [4.69, 9.17) is 10.8 Å². The van der Waals surface area contributed by atoms with Crippen LogP contribution in [0.5, 0.6) is 0 Å². The predicted molar refractivity (Wildman–Crippen MR) is 46.7 cm³/mol. The van der Waals surface area contributed by atoms with E-state index >= 15 is 0 Å². The summed E-state index contributed by atoms with van der Waals surface area (Å²) in [6, 6.07) is -0.174. The van der Waals surface area contributed by atoms with Crippen LogP contribution in [-0.4, -0.2) is 17.1 Å². The van der Waals surface area contributed by atoms with Gasteiger partial charge < -0.3 is 10.8 Å². The van der Waals surface area contributed by atoms with Crippen LogP contribution < -0.4 is 5.73 Å². The summed E-state index contributed by atoms with van der Waals surface area (Å²) >= 11 is 0. The number of hydrogen-bond donors (Lipinski definition) is 2. The van der Waals surface area contributed by atoms with Gasteiger partial charge in [0.2, 0.25) is 0 Å². The summed E-state index contributed by atoms with van der Waals surface area (Å²) in [6.45, 7) is 0. The molecule has 0 aliphatic heterocycles. The average molecular weight is 169 g/mol. The molecular weight excluding hydrogens is 154 g/mol. The molecule has 3 heteroatoms. The largest absolute Gasteiger partial charge is 0.481 e. The Morgan fingerprint density at radius 2 is 1.92 bits per heavy atom. The first kappa shape index (κ1) is 9.26. The van der Waals surface area contributed by atoms with Crippen LogP contribution in [0.25, 0.3) is 0 Å². The van der Waals surface area contributed by atoms with E-state index in [1.807, 2.05) is 6.08 Å². The minimum absolute atomic E-state index is 0.174. The maximum Gasteiger partial charge on any atom is 0.308 e. The molecule has 0 aromatic heterocycles. The Bertz CT molecular complexity index is 189. The number of allylic oxidation sites excluding steroid dienone is 2. The van der Waals surface area contributed by atoms with Gasteiger partial charge in [0.15, 0.2) is 0 Å². The molecule has 1 aliphatic rings. The van der Waals surface area contributed by atoms with Crippen LogP contribution in [0.4, 0.5) is 0 Å². The summed E-state index contributed by atoms with van der Waals surface area (Å²) in [5, 5.41) is 8.82. The number of aliphatic carboxylic acids is 1. The lowest BCUT2D eigenvalue weighted by atomic mass is 9.90. The zero-order chi connectivity index (χ0) is 8.97. The smallest absolute Gasteiger partial charge is 0.308 e. The molecule has 0 aromatic rings. The average Bonchev–Trinajstić information content (AvgIpc) is 1.96. The zero-order valence-corrected chi connectivity index (χ0v) is 7.07. The Hall–Kier alpha value is -0.830. The van der Waals surface area contributed by atoms with E-state index in [0.717, 1.165) is 19.3 Å². The molecule has 0 bridgehead atoms. The van der Waals surface area contributed by atoms with Gasteiger partial charge in [-0.25, -0.2) is 0 Å². The highest BCUT2D eigenvalue weighted by atomic mass is 16.4.